The summed E-state index contributed by atoms with van der Waals surface area (Å²) in [5, 5.41) is 8.65. The maximum Gasteiger partial charge on any atom is 0.277 e. The van der Waals surface area contributed by atoms with Crippen molar-refractivity contribution in [3.63, 3.8) is 0 Å². The van der Waals surface area contributed by atoms with Crippen LogP contribution < -0.4 is 0 Å². The van der Waals surface area contributed by atoms with Crippen LogP contribution in [0.15, 0.2) is 33.9 Å². The van der Waals surface area contributed by atoms with Gasteiger partial charge in [-0.3, -0.25) is 4.79 Å². The van der Waals surface area contributed by atoms with Crippen LogP contribution in [0.25, 0.3) is 11.5 Å². The Hall–Kier alpha value is -1.53. The predicted molar refractivity (Wildman–Crippen MR) is 78.8 cm³/mol. The molecule has 2 rings (SSSR count). The Morgan fingerprint density at radius 3 is 2.55 bits per heavy atom. The molecule has 20 heavy (non-hydrogen) atoms. The highest BCUT2D eigenvalue weighted by Crippen LogP contribution is 2.27. The smallest absolute Gasteiger partial charge is 0.277 e. The highest BCUT2D eigenvalue weighted by Gasteiger charge is 2.19. The van der Waals surface area contributed by atoms with Crippen LogP contribution in [0.1, 0.15) is 6.92 Å². The third-order valence-electron chi connectivity index (χ3n) is 2.56. The molecule has 0 radical (unpaired) electrons. The Bertz CT molecular complexity index is 598. The average Bonchev–Trinajstić information content (AvgIpc) is 2.87. The fraction of sp³-hybridized carbons (Fsp3) is 0.308. The molecule has 1 aromatic carbocycles. The van der Waals surface area contributed by atoms with Gasteiger partial charge in [-0.25, -0.2) is 0 Å². The van der Waals surface area contributed by atoms with Gasteiger partial charge in [-0.05, 0) is 31.2 Å². The second-order valence-corrected chi connectivity index (χ2v) is 6.10. The Kier molecular flexibility index (Phi) is 4.67. The van der Waals surface area contributed by atoms with Crippen molar-refractivity contribution in [2.75, 3.05) is 14.1 Å². The van der Waals surface area contributed by atoms with Gasteiger partial charge in [0.25, 0.3) is 5.22 Å². The Balaban J connectivity index is 2.09. The van der Waals surface area contributed by atoms with Gasteiger partial charge in [0.15, 0.2) is 0 Å². The minimum atomic E-state index is -0.275. The van der Waals surface area contributed by atoms with E-state index in [9.17, 15) is 4.79 Å². The number of halogens is 1. The van der Waals surface area contributed by atoms with E-state index in [1.165, 1.54) is 16.7 Å². The quantitative estimate of drug-likeness (QED) is 0.812. The van der Waals surface area contributed by atoms with Gasteiger partial charge in [-0.15, -0.1) is 10.2 Å². The molecule has 1 heterocycles. The predicted octanol–water partition coefficient (Wildman–Crippen LogP) is 2.96. The maximum atomic E-state index is 11.8. The SMILES string of the molecule is C[C@H](Sc1nnc(-c2ccc(Cl)cc2)o1)C(=O)N(C)C. The summed E-state index contributed by atoms with van der Waals surface area (Å²) in [6.07, 6.45) is 0. The topological polar surface area (TPSA) is 59.2 Å². The van der Waals surface area contributed by atoms with Crippen molar-refractivity contribution < 1.29 is 9.21 Å². The standard InChI is InChI=1S/C13H14ClN3O2S/c1-8(12(18)17(2)3)20-13-16-15-11(19-13)9-4-6-10(14)7-5-9/h4-8H,1-3H3/t8-/m0/s1. The van der Waals surface area contributed by atoms with E-state index in [4.69, 9.17) is 16.0 Å². The fourth-order valence-electron chi connectivity index (χ4n) is 1.53. The first-order valence-electron chi connectivity index (χ1n) is 5.94. The normalized spacial score (nSPS) is 12.2. The summed E-state index contributed by atoms with van der Waals surface area (Å²) < 4.78 is 5.54. The molecule has 0 bridgehead atoms. The lowest BCUT2D eigenvalue weighted by atomic mass is 10.2. The van der Waals surface area contributed by atoms with Crippen molar-refractivity contribution in [3.8, 4) is 11.5 Å². The van der Waals surface area contributed by atoms with Crippen LogP contribution in [0.2, 0.25) is 5.02 Å². The molecule has 0 aliphatic carbocycles. The van der Waals surface area contributed by atoms with Crippen molar-refractivity contribution in [2.45, 2.75) is 17.4 Å². The molecular weight excluding hydrogens is 298 g/mol. The lowest BCUT2D eigenvalue weighted by Crippen LogP contribution is -2.29. The first-order valence-corrected chi connectivity index (χ1v) is 7.20. The minimum Gasteiger partial charge on any atom is -0.411 e. The van der Waals surface area contributed by atoms with Gasteiger partial charge in [0.1, 0.15) is 0 Å². The Morgan fingerprint density at radius 1 is 1.30 bits per heavy atom. The molecule has 0 unspecified atom stereocenters. The highest BCUT2D eigenvalue weighted by molar-refractivity contribution is 8.00. The van der Waals surface area contributed by atoms with Crippen LogP contribution in [0.4, 0.5) is 0 Å². The number of nitrogens with zero attached hydrogens (tertiary/aromatic N) is 3. The van der Waals surface area contributed by atoms with Gasteiger partial charge in [-0.1, -0.05) is 23.4 Å². The van der Waals surface area contributed by atoms with E-state index in [1.807, 2.05) is 0 Å². The van der Waals surface area contributed by atoms with Gasteiger partial charge >= 0.3 is 0 Å². The monoisotopic (exact) mass is 311 g/mol. The molecule has 0 aliphatic rings. The van der Waals surface area contributed by atoms with E-state index < -0.39 is 0 Å². The third-order valence-corrected chi connectivity index (χ3v) is 3.74. The van der Waals surface area contributed by atoms with Crippen LogP contribution in [-0.2, 0) is 4.79 Å². The molecule has 7 heteroatoms. The van der Waals surface area contributed by atoms with Gasteiger partial charge < -0.3 is 9.32 Å². The van der Waals surface area contributed by atoms with E-state index in [0.29, 0.717) is 16.1 Å². The van der Waals surface area contributed by atoms with Crippen LogP contribution in [-0.4, -0.2) is 40.3 Å². The number of hydrogen-bond donors (Lipinski definition) is 0. The van der Waals surface area contributed by atoms with Crippen LogP contribution >= 0.6 is 23.4 Å². The van der Waals surface area contributed by atoms with Gasteiger partial charge in [0.05, 0.1) is 5.25 Å². The first kappa shape index (κ1) is 14.9. The van der Waals surface area contributed by atoms with Crippen LogP contribution in [0, 0.1) is 0 Å². The summed E-state index contributed by atoms with van der Waals surface area (Å²) in [5.74, 6) is 0.412. The zero-order valence-corrected chi connectivity index (χ0v) is 12.9. The van der Waals surface area contributed by atoms with Crippen LogP contribution in [0.3, 0.4) is 0 Å². The molecule has 1 aromatic heterocycles. The van der Waals surface area contributed by atoms with E-state index in [1.54, 1.807) is 45.3 Å². The number of thioether (sulfide) groups is 1. The number of rotatable bonds is 4. The van der Waals surface area contributed by atoms with Crippen LogP contribution in [0.5, 0.6) is 0 Å². The summed E-state index contributed by atoms with van der Waals surface area (Å²) in [6, 6.07) is 7.12. The third kappa shape index (κ3) is 3.52. The second-order valence-electron chi connectivity index (χ2n) is 4.37. The van der Waals surface area contributed by atoms with Crippen molar-refractivity contribution in [2.24, 2.45) is 0 Å². The lowest BCUT2D eigenvalue weighted by Gasteiger charge is -2.14. The zero-order chi connectivity index (χ0) is 14.7. The van der Waals surface area contributed by atoms with Gasteiger partial charge in [0, 0.05) is 24.7 Å². The van der Waals surface area contributed by atoms with E-state index in [-0.39, 0.29) is 11.2 Å². The molecule has 0 aliphatic heterocycles. The van der Waals surface area contributed by atoms with E-state index in [2.05, 4.69) is 10.2 Å². The summed E-state index contributed by atoms with van der Waals surface area (Å²) >= 11 is 7.07. The molecule has 0 spiro atoms. The molecule has 0 saturated heterocycles. The minimum absolute atomic E-state index is 0.00115. The molecule has 5 nitrogen and oxygen atoms in total. The molecular formula is C13H14ClN3O2S. The van der Waals surface area contributed by atoms with Crippen molar-refractivity contribution in [1.82, 2.24) is 15.1 Å². The second kappa shape index (κ2) is 6.28. The maximum absolute atomic E-state index is 11.8. The Morgan fingerprint density at radius 2 is 1.95 bits per heavy atom. The first-order chi connectivity index (χ1) is 9.47. The molecule has 1 atom stereocenters. The number of hydrogen-bond acceptors (Lipinski definition) is 5. The lowest BCUT2D eigenvalue weighted by molar-refractivity contribution is -0.127. The highest BCUT2D eigenvalue weighted by atomic mass is 35.5. The average molecular weight is 312 g/mol. The summed E-state index contributed by atoms with van der Waals surface area (Å²) in [5.41, 5.74) is 0.792. The zero-order valence-electron chi connectivity index (χ0n) is 11.3. The summed E-state index contributed by atoms with van der Waals surface area (Å²) in [6.45, 7) is 1.80. The van der Waals surface area contributed by atoms with E-state index in [0.717, 1.165) is 5.56 Å². The fourth-order valence-corrected chi connectivity index (χ4v) is 2.49. The van der Waals surface area contributed by atoms with Gasteiger partial charge in [-0.2, -0.15) is 0 Å². The van der Waals surface area contributed by atoms with Crippen molar-refractivity contribution >= 4 is 29.3 Å². The number of carbonyl (C=O) groups is 1. The van der Waals surface area contributed by atoms with E-state index >= 15 is 0 Å². The van der Waals surface area contributed by atoms with Gasteiger partial charge in [0.2, 0.25) is 11.8 Å². The van der Waals surface area contributed by atoms with Crippen molar-refractivity contribution in [1.29, 1.82) is 0 Å². The number of benzene rings is 1. The molecule has 2 aromatic rings. The largest absolute Gasteiger partial charge is 0.411 e. The summed E-state index contributed by atoms with van der Waals surface area (Å²) in [7, 11) is 3.43. The molecule has 106 valence electrons. The number of aromatic nitrogens is 2. The Labute approximate surface area is 126 Å². The number of carbonyl (C=O) groups excluding carboxylic acids is 1. The molecule has 0 fully saturated rings. The molecule has 0 N–H and O–H groups in total. The molecule has 0 saturated carbocycles. The molecule has 1 amide bonds. The summed E-state index contributed by atoms with van der Waals surface area (Å²) in [4.78, 5) is 13.3. The van der Waals surface area contributed by atoms with Crippen molar-refractivity contribution in [3.05, 3.63) is 29.3 Å². The number of amides is 1.